The highest BCUT2D eigenvalue weighted by molar-refractivity contribution is 7.09. The molecule has 1 N–H and O–H groups in total. The summed E-state index contributed by atoms with van der Waals surface area (Å²) in [6, 6.07) is 11.2. The second kappa shape index (κ2) is 7.19. The van der Waals surface area contributed by atoms with Crippen LogP contribution in [0.5, 0.6) is 0 Å². The van der Waals surface area contributed by atoms with Crippen molar-refractivity contribution >= 4 is 11.3 Å². The molecule has 114 valence electrons. The van der Waals surface area contributed by atoms with E-state index in [1.165, 1.54) is 11.3 Å². The Hall–Kier alpha value is -1.19. The van der Waals surface area contributed by atoms with Crippen LogP contribution in [0.2, 0.25) is 0 Å². The molecule has 0 saturated heterocycles. The number of aryl methyl sites for hydroxylation is 1. The van der Waals surface area contributed by atoms with Crippen molar-refractivity contribution in [3.8, 4) is 0 Å². The molecule has 1 atom stereocenters. The second-order valence-electron chi connectivity index (χ2n) is 6.79. The van der Waals surface area contributed by atoms with Crippen molar-refractivity contribution in [1.82, 2.24) is 10.3 Å². The molecule has 0 saturated carbocycles. The molecule has 2 aromatic rings. The number of benzene rings is 1. The number of thiazole rings is 1. The Labute approximate surface area is 132 Å². The van der Waals surface area contributed by atoms with Crippen LogP contribution in [0, 0.1) is 12.3 Å². The van der Waals surface area contributed by atoms with E-state index in [9.17, 15) is 0 Å². The quantitative estimate of drug-likeness (QED) is 0.832. The lowest BCUT2D eigenvalue weighted by molar-refractivity contribution is 0.312. The van der Waals surface area contributed by atoms with Gasteiger partial charge in [0.15, 0.2) is 0 Å². The van der Waals surface area contributed by atoms with Crippen LogP contribution < -0.4 is 5.32 Å². The summed E-state index contributed by atoms with van der Waals surface area (Å²) in [5.41, 5.74) is 2.89. The average Bonchev–Trinajstić information content (AvgIpc) is 2.83. The number of nitrogens with zero attached hydrogens (tertiary/aromatic N) is 1. The van der Waals surface area contributed by atoms with Crippen molar-refractivity contribution in [2.24, 2.45) is 5.41 Å². The van der Waals surface area contributed by atoms with Crippen LogP contribution in [0.25, 0.3) is 0 Å². The third-order valence-corrected chi connectivity index (χ3v) is 4.28. The lowest BCUT2D eigenvalue weighted by atomic mass is 9.85. The predicted octanol–water partition coefficient (Wildman–Crippen LogP) is 4.76. The molecule has 21 heavy (non-hydrogen) atoms. The SMILES string of the molecule is Cc1nc(CCNC(CC(C)(C)C)c2ccccc2)cs1. The van der Waals surface area contributed by atoms with Crippen molar-refractivity contribution in [2.45, 2.75) is 46.6 Å². The molecule has 1 unspecified atom stereocenters. The zero-order valence-electron chi connectivity index (χ0n) is 13.5. The van der Waals surface area contributed by atoms with Crippen LogP contribution >= 0.6 is 11.3 Å². The van der Waals surface area contributed by atoms with Crippen molar-refractivity contribution in [1.29, 1.82) is 0 Å². The molecule has 0 fully saturated rings. The largest absolute Gasteiger partial charge is 0.310 e. The number of aromatic nitrogens is 1. The molecular weight excluding hydrogens is 276 g/mol. The van der Waals surface area contributed by atoms with E-state index >= 15 is 0 Å². The number of hydrogen-bond donors (Lipinski definition) is 1. The van der Waals surface area contributed by atoms with E-state index in [1.807, 2.05) is 0 Å². The molecule has 0 aliphatic heterocycles. The first kappa shape index (κ1) is 16.2. The molecule has 0 aliphatic rings. The summed E-state index contributed by atoms with van der Waals surface area (Å²) < 4.78 is 0. The van der Waals surface area contributed by atoms with Gasteiger partial charge in [-0.1, -0.05) is 51.1 Å². The molecular formula is C18H26N2S. The highest BCUT2D eigenvalue weighted by Gasteiger charge is 2.19. The standard InChI is InChI=1S/C18H26N2S/c1-14-20-16(13-21-14)10-11-19-17(12-18(2,3)4)15-8-6-5-7-9-15/h5-9,13,17,19H,10-12H2,1-4H3. The third-order valence-electron chi connectivity index (χ3n) is 3.46. The Kier molecular flexibility index (Phi) is 5.54. The second-order valence-corrected chi connectivity index (χ2v) is 7.85. The van der Waals surface area contributed by atoms with E-state index in [4.69, 9.17) is 0 Å². The smallest absolute Gasteiger partial charge is 0.0897 e. The zero-order valence-corrected chi connectivity index (χ0v) is 14.3. The van der Waals surface area contributed by atoms with Gasteiger partial charge in [-0.15, -0.1) is 11.3 Å². The Morgan fingerprint density at radius 3 is 2.48 bits per heavy atom. The first-order valence-corrected chi connectivity index (χ1v) is 8.51. The summed E-state index contributed by atoms with van der Waals surface area (Å²) in [5.74, 6) is 0. The normalized spacial score (nSPS) is 13.3. The van der Waals surface area contributed by atoms with Gasteiger partial charge in [-0.05, 0) is 24.3 Å². The summed E-state index contributed by atoms with van der Waals surface area (Å²) in [6.45, 7) is 9.93. The first-order chi connectivity index (χ1) is 9.94. The lowest BCUT2D eigenvalue weighted by Crippen LogP contribution is -2.27. The van der Waals surface area contributed by atoms with Gasteiger partial charge < -0.3 is 5.32 Å². The Morgan fingerprint density at radius 1 is 1.19 bits per heavy atom. The van der Waals surface area contributed by atoms with E-state index in [0.29, 0.717) is 11.5 Å². The Bertz CT molecular complexity index is 540. The minimum atomic E-state index is 0.310. The van der Waals surface area contributed by atoms with Crippen molar-refractivity contribution in [2.75, 3.05) is 6.54 Å². The lowest BCUT2D eigenvalue weighted by Gasteiger charge is -2.27. The molecule has 0 amide bonds. The van der Waals surface area contributed by atoms with E-state index in [0.717, 1.165) is 24.4 Å². The van der Waals surface area contributed by atoms with Crippen LogP contribution in [-0.4, -0.2) is 11.5 Å². The van der Waals surface area contributed by atoms with Gasteiger partial charge in [0.25, 0.3) is 0 Å². The van der Waals surface area contributed by atoms with E-state index in [1.54, 1.807) is 11.3 Å². The van der Waals surface area contributed by atoms with Gasteiger partial charge in [-0.2, -0.15) is 0 Å². The van der Waals surface area contributed by atoms with Gasteiger partial charge >= 0.3 is 0 Å². The maximum Gasteiger partial charge on any atom is 0.0897 e. The minimum Gasteiger partial charge on any atom is -0.310 e. The van der Waals surface area contributed by atoms with Gasteiger partial charge in [0.1, 0.15) is 0 Å². The van der Waals surface area contributed by atoms with Crippen molar-refractivity contribution < 1.29 is 0 Å². The monoisotopic (exact) mass is 302 g/mol. The van der Waals surface area contributed by atoms with Crippen LogP contribution in [-0.2, 0) is 6.42 Å². The van der Waals surface area contributed by atoms with Crippen LogP contribution in [0.3, 0.4) is 0 Å². The van der Waals surface area contributed by atoms with Gasteiger partial charge in [-0.25, -0.2) is 4.98 Å². The van der Waals surface area contributed by atoms with Crippen molar-refractivity contribution in [3.05, 3.63) is 52.0 Å². The van der Waals surface area contributed by atoms with Crippen LogP contribution in [0.15, 0.2) is 35.7 Å². The molecule has 1 aromatic carbocycles. The maximum atomic E-state index is 4.53. The van der Waals surface area contributed by atoms with E-state index < -0.39 is 0 Å². The number of rotatable bonds is 6. The molecule has 0 aliphatic carbocycles. The molecule has 0 bridgehead atoms. The highest BCUT2D eigenvalue weighted by Crippen LogP contribution is 2.29. The van der Waals surface area contributed by atoms with Gasteiger partial charge in [0.05, 0.1) is 10.7 Å². The fraction of sp³-hybridized carbons (Fsp3) is 0.500. The maximum absolute atomic E-state index is 4.53. The summed E-state index contributed by atoms with van der Waals surface area (Å²) in [5, 5.41) is 7.03. The first-order valence-electron chi connectivity index (χ1n) is 7.63. The Balaban J connectivity index is 1.96. The molecule has 2 rings (SSSR count). The van der Waals surface area contributed by atoms with Crippen LogP contribution in [0.4, 0.5) is 0 Å². The summed E-state index contributed by atoms with van der Waals surface area (Å²) in [4.78, 5) is 4.53. The average molecular weight is 302 g/mol. The third kappa shape index (κ3) is 5.60. The molecule has 1 aromatic heterocycles. The molecule has 3 heteroatoms. The molecule has 0 spiro atoms. The number of hydrogen-bond acceptors (Lipinski definition) is 3. The topological polar surface area (TPSA) is 24.9 Å². The summed E-state index contributed by atoms with van der Waals surface area (Å²) in [7, 11) is 0. The highest BCUT2D eigenvalue weighted by atomic mass is 32.1. The fourth-order valence-corrected chi connectivity index (χ4v) is 3.15. The summed E-state index contributed by atoms with van der Waals surface area (Å²) >= 11 is 1.73. The Morgan fingerprint density at radius 2 is 1.90 bits per heavy atom. The van der Waals surface area contributed by atoms with Gasteiger partial charge in [0, 0.05) is 24.4 Å². The number of nitrogens with one attached hydrogen (secondary N) is 1. The molecule has 1 heterocycles. The minimum absolute atomic E-state index is 0.310. The van der Waals surface area contributed by atoms with E-state index in [-0.39, 0.29) is 0 Å². The predicted molar refractivity (Wildman–Crippen MR) is 91.8 cm³/mol. The van der Waals surface area contributed by atoms with Crippen LogP contribution in [0.1, 0.15) is 49.5 Å². The molecule has 2 nitrogen and oxygen atoms in total. The molecule has 0 radical (unpaired) electrons. The van der Waals surface area contributed by atoms with E-state index in [2.05, 4.69) is 73.7 Å². The van der Waals surface area contributed by atoms with Crippen molar-refractivity contribution in [3.63, 3.8) is 0 Å². The zero-order chi connectivity index (χ0) is 15.3. The summed E-state index contributed by atoms with van der Waals surface area (Å²) in [6.07, 6.45) is 2.13. The van der Waals surface area contributed by atoms with Gasteiger partial charge in [0.2, 0.25) is 0 Å². The van der Waals surface area contributed by atoms with Gasteiger partial charge in [-0.3, -0.25) is 0 Å². The fourth-order valence-electron chi connectivity index (χ4n) is 2.50.